The third kappa shape index (κ3) is 2.97. The third-order valence-electron chi connectivity index (χ3n) is 2.77. The Hall–Kier alpha value is -2.34. The van der Waals surface area contributed by atoms with E-state index in [-0.39, 0.29) is 5.91 Å². The summed E-state index contributed by atoms with van der Waals surface area (Å²) in [5.74, 6) is 0.226. The maximum atomic E-state index is 11.8. The molecule has 1 heterocycles. The Balaban J connectivity index is 1.65. The van der Waals surface area contributed by atoms with E-state index in [9.17, 15) is 4.79 Å². The summed E-state index contributed by atoms with van der Waals surface area (Å²) in [6.07, 6.45) is 1.42. The zero-order valence-corrected chi connectivity index (χ0v) is 11.4. The summed E-state index contributed by atoms with van der Waals surface area (Å²) in [6.45, 7) is 0. The zero-order chi connectivity index (χ0) is 13.8. The van der Waals surface area contributed by atoms with Crippen molar-refractivity contribution in [3.8, 4) is 0 Å². The van der Waals surface area contributed by atoms with E-state index in [2.05, 4.69) is 20.5 Å². The number of nitrogens with one attached hydrogen (secondary N) is 2. The first-order valence-corrected chi connectivity index (χ1v) is 7.07. The summed E-state index contributed by atoms with van der Waals surface area (Å²) in [6, 6.07) is 13.9. The molecular weight excluding hydrogens is 272 g/mol. The molecule has 0 saturated carbocycles. The Bertz CT molecular complexity index is 727. The van der Waals surface area contributed by atoms with Crippen LogP contribution in [0.4, 0.5) is 5.69 Å². The third-order valence-corrected chi connectivity index (χ3v) is 3.64. The minimum Gasteiger partial charge on any atom is -0.325 e. The predicted molar refractivity (Wildman–Crippen MR) is 79.7 cm³/mol. The van der Waals surface area contributed by atoms with E-state index in [0.717, 1.165) is 16.5 Å². The number of rotatable bonds is 4. The monoisotopic (exact) mass is 284 g/mol. The molecule has 3 aromatic rings. The molecule has 0 fully saturated rings. The quantitative estimate of drug-likeness (QED) is 0.723. The van der Waals surface area contributed by atoms with Crippen molar-refractivity contribution < 1.29 is 4.79 Å². The van der Waals surface area contributed by atoms with Gasteiger partial charge in [0.25, 0.3) is 0 Å². The number of thioether (sulfide) groups is 1. The highest BCUT2D eigenvalue weighted by Gasteiger charge is 2.05. The van der Waals surface area contributed by atoms with Gasteiger partial charge < -0.3 is 5.32 Å². The predicted octanol–water partition coefficient (Wildman–Crippen LogP) is 2.69. The standard InChI is InChI=1S/C14H12N4OS/c19-13(8-20-14-15-9-16-18-14)17-12-6-5-10-3-1-2-4-11(10)7-12/h1-7,9H,8H2,(H,17,19)(H,15,16,18). The fourth-order valence-corrected chi connectivity index (χ4v) is 2.44. The van der Waals surface area contributed by atoms with Crippen molar-refractivity contribution in [1.82, 2.24) is 15.2 Å². The molecule has 0 atom stereocenters. The fraction of sp³-hybridized carbons (Fsp3) is 0.0714. The van der Waals surface area contributed by atoms with Gasteiger partial charge in [-0.1, -0.05) is 42.1 Å². The molecule has 2 N–H and O–H groups in total. The normalized spacial score (nSPS) is 10.6. The van der Waals surface area contributed by atoms with Crippen molar-refractivity contribution in [3.63, 3.8) is 0 Å². The molecule has 0 bridgehead atoms. The van der Waals surface area contributed by atoms with E-state index in [1.807, 2.05) is 42.5 Å². The van der Waals surface area contributed by atoms with Crippen LogP contribution in [0.15, 0.2) is 53.9 Å². The Morgan fingerprint density at radius 1 is 1.20 bits per heavy atom. The fourth-order valence-electron chi connectivity index (χ4n) is 1.86. The Labute approximate surface area is 119 Å². The van der Waals surface area contributed by atoms with Gasteiger partial charge in [-0.05, 0) is 22.9 Å². The van der Waals surface area contributed by atoms with Gasteiger partial charge in [0.2, 0.25) is 5.91 Å². The average Bonchev–Trinajstić information content (AvgIpc) is 2.98. The second-order valence-electron chi connectivity index (χ2n) is 4.19. The van der Waals surface area contributed by atoms with Crippen LogP contribution in [0.25, 0.3) is 10.8 Å². The van der Waals surface area contributed by atoms with Crippen LogP contribution in [0, 0.1) is 0 Å². The first kappa shape index (κ1) is 12.7. The summed E-state index contributed by atoms with van der Waals surface area (Å²) in [4.78, 5) is 15.8. The topological polar surface area (TPSA) is 70.7 Å². The van der Waals surface area contributed by atoms with Gasteiger partial charge in [-0.2, -0.15) is 5.10 Å². The van der Waals surface area contributed by atoms with Gasteiger partial charge in [0, 0.05) is 5.69 Å². The molecule has 1 amide bonds. The van der Waals surface area contributed by atoms with Gasteiger partial charge in [0.1, 0.15) is 6.33 Å². The van der Waals surface area contributed by atoms with E-state index in [0.29, 0.717) is 10.9 Å². The van der Waals surface area contributed by atoms with Crippen LogP contribution in [-0.4, -0.2) is 26.8 Å². The number of fused-ring (bicyclic) bond motifs is 1. The van der Waals surface area contributed by atoms with E-state index < -0.39 is 0 Å². The molecule has 1 aromatic heterocycles. The lowest BCUT2D eigenvalue weighted by Crippen LogP contribution is -2.14. The number of amides is 1. The number of carbonyl (C=O) groups excluding carboxylic acids is 1. The van der Waals surface area contributed by atoms with E-state index >= 15 is 0 Å². The molecule has 100 valence electrons. The van der Waals surface area contributed by atoms with Gasteiger partial charge in [0.05, 0.1) is 5.75 Å². The molecule has 20 heavy (non-hydrogen) atoms. The summed E-state index contributed by atoms with van der Waals surface area (Å²) >= 11 is 1.32. The molecule has 2 aromatic carbocycles. The number of hydrogen-bond acceptors (Lipinski definition) is 4. The van der Waals surface area contributed by atoms with Crippen molar-refractivity contribution in [3.05, 3.63) is 48.8 Å². The molecular formula is C14H12N4OS. The average molecular weight is 284 g/mol. The Kier molecular flexibility index (Phi) is 3.64. The van der Waals surface area contributed by atoms with Gasteiger partial charge in [0.15, 0.2) is 5.16 Å². The minimum atomic E-state index is -0.0679. The molecule has 0 saturated heterocycles. The highest BCUT2D eigenvalue weighted by atomic mass is 32.2. The molecule has 0 radical (unpaired) electrons. The second-order valence-corrected chi connectivity index (χ2v) is 5.15. The Morgan fingerprint density at radius 3 is 2.85 bits per heavy atom. The highest BCUT2D eigenvalue weighted by molar-refractivity contribution is 7.99. The van der Waals surface area contributed by atoms with Gasteiger partial charge in [-0.15, -0.1) is 0 Å². The van der Waals surface area contributed by atoms with Gasteiger partial charge in [-0.25, -0.2) is 4.98 Å². The van der Waals surface area contributed by atoms with Crippen molar-refractivity contribution in [2.45, 2.75) is 5.16 Å². The number of hydrogen-bond donors (Lipinski definition) is 2. The van der Waals surface area contributed by atoms with E-state index in [1.54, 1.807) is 0 Å². The van der Waals surface area contributed by atoms with Crippen molar-refractivity contribution >= 4 is 34.1 Å². The molecule has 6 heteroatoms. The largest absolute Gasteiger partial charge is 0.325 e. The Morgan fingerprint density at radius 2 is 2.05 bits per heavy atom. The molecule has 3 rings (SSSR count). The first-order chi connectivity index (χ1) is 9.81. The van der Waals surface area contributed by atoms with Crippen molar-refractivity contribution in [1.29, 1.82) is 0 Å². The lowest BCUT2D eigenvalue weighted by molar-refractivity contribution is -0.113. The van der Waals surface area contributed by atoms with Crippen LogP contribution in [0.1, 0.15) is 0 Å². The van der Waals surface area contributed by atoms with Crippen LogP contribution >= 0.6 is 11.8 Å². The second kappa shape index (κ2) is 5.75. The molecule has 5 nitrogen and oxygen atoms in total. The van der Waals surface area contributed by atoms with Crippen molar-refractivity contribution in [2.75, 3.05) is 11.1 Å². The number of aromatic amines is 1. The number of H-pyrrole nitrogens is 1. The molecule has 0 aliphatic heterocycles. The molecule has 0 spiro atoms. The number of carbonyl (C=O) groups is 1. The van der Waals surface area contributed by atoms with Crippen molar-refractivity contribution in [2.24, 2.45) is 0 Å². The lowest BCUT2D eigenvalue weighted by Gasteiger charge is -2.05. The SMILES string of the molecule is O=C(CSc1ncn[nH]1)Nc1ccc2ccccc2c1. The van der Waals surface area contributed by atoms with Gasteiger partial charge in [-0.3, -0.25) is 9.89 Å². The van der Waals surface area contributed by atoms with Crippen LogP contribution in [-0.2, 0) is 4.79 Å². The van der Waals surface area contributed by atoms with Crippen LogP contribution < -0.4 is 5.32 Å². The maximum absolute atomic E-state index is 11.8. The zero-order valence-electron chi connectivity index (χ0n) is 10.5. The molecule has 0 aliphatic carbocycles. The summed E-state index contributed by atoms with van der Waals surface area (Å²) in [5, 5.41) is 12.2. The first-order valence-electron chi connectivity index (χ1n) is 6.08. The summed E-state index contributed by atoms with van der Waals surface area (Å²) in [5.41, 5.74) is 0.798. The number of anilines is 1. The summed E-state index contributed by atoms with van der Waals surface area (Å²) < 4.78 is 0. The molecule has 0 unspecified atom stereocenters. The maximum Gasteiger partial charge on any atom is 0.234 e. The van der Waals surface area contributed by atoms with E-state index in [4.69, 9.17) is 0 Å². The number of nitrogens with zero attached hydrogens (tertiary/aromatic N) is 2. The number of benzene rings is 2. The van der Waals surface area contributed by atoms with Crippen LogP contribution in [0.5, 0.6) is 0 Å². The highest BCUT2D eigenvalue weighted by Crippen LogP contribution is 2.19. The van der Waals surface area contributed by atoms with E-state index in [1.165, 1.54) is 18.1 Å². The minimum absolute atomic E-state index is 0.0679. The number of aromatic nitrogens is 3. The smallest absolute Gasteiger partial charge is 0.234 e. The van der Waals surface area contributed by atoms with Crippen LogP contribution in [0.2, 0.25) is 0 Å². The van der Waals surface area contributed by atoms with Gasteiger partial charge >= 0.3 is 0 Å². The lowest BCUT2D eigenvalue weighted by atomic mass is 10.1. The molecule has 0 aliphatic rings. The summed E-state index contributed by atoms with van der Waals surface area (Å²) in [7, 11) is 0. The van der Waals surface area contributed by atoms with Crippen LogP contribution in [0.3, 0.4) is 0 Å².